The van der Waals surface area contributed by atoms with Crippen molar-refractivity contribution in [2.45, 2.75) is 12.8 Å². The molecule has 2 rings (SSSR count). The Hall–Kier alpha value is -1.31. The first kappa shape index (κ1) is 6.40. The molecule has 2 heteroatoms. The number of rotatable bonds is 0. The van der Waals surface area contributed by atoms with E-state index in [4.69, 9.17) is 5.73 Å². The van der Waals surface area contributed by atoms with Crippen LogP contribution in [0.15, 0.2) is 18.2 Å². The molecule has 0 atom stereocenters. The summed E-state index contributed by atoms with van der Waals surface area (Å²) in [5.41, 5.74) is 7.88. The van der Waals surface area contributed by atoms with Crippen molar-refractivity contribution < 1.29 is 1.43 Å². The van der Waals surface area contributed by atoms with Gasteiger partial charge in [0.2, 0.25) is 0 Å². The third kappa shape index (κ3) is 1.11. The number of hydrogen-bond donors (Lipinski definition) is 1. The molecule has 1 aliphatic carbocycles. The molecule has 1 aromatic rings. The lowest BCUT2D eigenvalue weighted by molar-refractivity contribution is 0.966. The first-order chi connectivity index (χ1) is 5.36. The summed E-state index contributed by atoms with van der Waals surface area (Å²) in [5.74, 6) is 0.607. The quantitative estimate of drug-likeness (QED) is 0.610. The number of aryl methyl sites for hydroxylation is 1. The monoisotopic (exact) mass is 148 g/mol. The second-order valence-corrected chi connectivity index (χ2v) is 2.72. The average Bonchev–Trinajstić information content (AvgIpc) is 2.04. The maximum absolute atomic E-state index is 5.54. The fourth-order valence-electron chi connectivity index (χ4n) is 1.31. The van der Waals surface area contributed by atoms with Crippen LogP contribution < -0.4 is 5.73 Å². The number of hydrogen-bond acceptors (Lipinski definition) is 2. The molecule has 0 saturated carbocycles. The van der Waals surface area contributed by atoms with Gasteiger partial charge in [0, 0.05) is 1.43 Å². The summed E-state index contributed by atoms with van der Waals surface area (Å²) >= 11 is 0. The first-order valence-corrected chi connectivity index (χ1v) is 3.78. The number of nitrogens with two attached hydrogens (primary N) is 1. The van der Waals surface area contributed by atoms with Gasteiger partial charge >= 0.3 is 0 Å². The molecule has 2 N–H and O–H groups in total. The topological polar surface area (TPSA) is 38.9 Å². The summed E-state index contributed by atoms with van der Waals surface area (Å²) in [7, 11) is 0. The van der Waals surface area contributed by atoms with Crippen LogP contribution >= 0.6 is 0 Å². The molecule has 0 spiro atoms. The number of anilines is 1. The molecule has 1 heterocycles. The summed E-state index contributed by atoms with van der Waals surface area (Å²) in [6.45, 7) is 0. The largest absolute Gasteiger partial charge is 0.384 e. The van der Waals surface area contributed by atoms with E-state index >= 15 is 0 Å². The van der Waals surface area contributed by atoms with E-state index in [0.29, 0.717) is 5.82 Å². The van der Waals surface area contributed by atoms with Crippen LogP contribution in [0.3, 0.4) is 0 Å². The van der Waals surface area contributed by atoms with Crippen LogP contribution in [-0.4, -0.2) is 4.98 Å². The fraction of sp³-hybridized carbons (Fsp3) is 0.222. The van der Waals surface area contributed by atoms with E-state index in [1.165, 1.54) is 5.56 Å². The predicted octanol–water partition coefficient (Wildman–Crippen LogP) is 1.87. The molecule has 0 bridgehead atoms. The van der Waals surface area contributed by atoms with Crippen LogP contribution in [0.1, 0.15) is 19.1 Å². The standard InChI is InChI=1S/C9H10N2.H2/c10-9-6-5-7-3-1-2-4-8(7)11-9;/h2,4-6H,1,3H2,(H2,10,11);1H. The molecule has 11 heavy (non-hydrogen) atoms. The normalized spacial score (nSPS) is 14.5. The number of fused-ring (bicyclic) bond motifs is 1. The zero-order chi connectivity index (χ0) is 7.68. The Labute approximate surface area is 67.2 Å². The van der Waals surface area contributed by atoms with Crippen LogP contribution in [0.5, 0.6) is 0 Å². The van der Waals surface area contributed by atoms with Crippen molar-refractivity contribution >= 4 is 11.9 Å². The van der Waals surface area contributed by atoms with Crippen molar-refractivity contribution in [3.8, 4) is 0 Å². The maximum Gasteiger partial charge on any atom is 0.124 e. The van der Waals surface area contributed by atoms with Crippen molar-refractivity contribution in [3.05, 3.63) is 29.5 Å². The number of nitrogen functional groups attached to an aromatic ring is 1. The summed E-state index contributed by atoms with van der Waals surface area (Å²) in [6.07, 6.45) is 6.39. The molecule has 0 saturated heterocycles. The Morgan fingerprint density at radius 1 is 1.45 bits per heavy atom. The lowest BCUT2D eigenvalue weighted by Crippen LogP contribution is -1.99. The second-order valence-electron chi connectivity index (χ2n) is 2.72. The number of pyridine rings is 1. The van der Waals surface area contributed by atoms with E-state index in [-0.39, 0.29) is 1.43 Å². The van der Waals surface area contributed by atoms with Gasteiger partial charge in [-0.1, -0.05) is 12.1 Å². The van der Waals surface area contributed by atoms with E-state index in [1.807, 2.05) is 12.1 Å². The van der Waals surface area contributed by atoms with E-state index < -0.39 is 0 Å². The van der Waals surface area contributed by atoms with Gasteiger partial charge < -0.3 is 5.73 Å². The van der Waals surface area contributed by atoms with Crippen LogP contribution in [0.25, 0.3) is 6.08 Å². The number of allylic oxidation sites excluding steroid dienone is 1. The molecule has 0 radical (unpaired) electrons. The molecule has 1 aliphatic rings. The minimum absolute atomic E-state index is 0. The van der Waals surface area contributed by atoms with Gasteiger partial charge in [0.25, 0.3) is 0 Å². The van der Waals surface area contributed by atoms with E-state index in [0.717, 1.165) is 18.5 Å². The van der Waals surface area contributed by atoms with Gasteiger partial charge in [-0.2, -0.15) is 0 Å². The Balaban J connectivity index is 0.000000720. The van der Waals surface area contributed by atoms with Crippen LogP contribution in [-0.2, 0) is 6.42 Å². The molecule has 58 valence electrons. The van der Waals surface area contributed by atoms with Gasteiger partial charge in [0.1, 0.15) is 5.82 Å². The summed E-state index contributed by atoms with van der Waals surface area (Å²) in [5, 5.41) is 0. The fourth-order valence-corrected chi connectivity index (χ4v) is 1.31. The van der Waals surface area contributed by atoms with Crippen LogP contribution in [0.2, 0.25) is 0 Å². The van der Waals surface area contributed by atoms with Gasteiger partial charge in [-0.05, 0) is 30.5 Å². The average molecular weight is 148 g/mol. The SMILES string of the molecule is Nc1ccc2c(n1)C=CCC2.[HH]. The van der Waals surface area contributed by atoms with Crippen molar-refractivity contribution in [3.63, 3.8) is 0 Å². The van der Waals surface area contributed by atoms with Crippen molar-refractivity contribution in [2.75, 3.05) is 5.73 Å². The lowest BCUT2D eigenvalue weighted by Gasteiger charge is -2.08. The number of aromatic nitrogens is 1. The minimum Gasteiger partial charge on any atom is -0.384 e. The highest BCUT2D eigenvalue weighted by Crippen LogP contribution is 2.17. The Kier molecular flexibility index (Phi) is 1.39. The highest BCUT2D eigenvalue weighted by Gasteiger charge is 2.04. The molecule has 0 aromatic carbocycles. The molecule has 0 amide bonds. The van der Waals surface area contributed by atoms with Crippen molar-refractivity contribution in [2.24, 2.45) is 0 Å². The van der Waals surface area contributed by atoms with Crippen LogP contribution in [0, 0.1) is 0 Å². The molecular formula is C9H12N2. The zero-order valence-corrected chi connectivity index (χ0v) is 6.25. The summed E-state index contributed by atoms with van der Waals surface area (Å²) < 4.78 is 0. The van der Waals surface area contributed by atoms with Gasteiger partial charge in [0.15, 0.2) is 0 Å². The Bertz CT molecular complexity index is 307. The smallest absolute Gasteiger partial charge is 0.124 e. The third-order valence-corrected chi connectivity index (χ3v) is 1.89. The molecule has 0 aliphatic heterocycles. The highest BCUT2D eigenvalue weighted by atomic mass is 14.8. The number of nitrogens with zero attached hydrogens (tertiary/aromatic N) is 1. The van der Waals surface area contributed by atoms with Gasteiger partial charge in [-0.15, -0.1) is 0 Å². The summed E-state index contributed by atoms with van der Waals surface area (Å²) in [6, 6.07) is 3.92. The van der Waals surface area contributed by atoms with E-state index in [9.17, 15) is 0 Å². The predicted molar refractivity (Wildman–Crippen MR) is 48.1 cm³/mol. The second kappa shape index (κ2) is 2.38. The highest BCUT2D eigenvalue weighted by molar-refractivity contribution is 5.54. The minimum atomic E-state index is 0. The van der Waals surface area contributed by atoms with Gasteiger partial charge in [-0.3, -0.25) is 0 Å². The van der Waals surface area contributed by atoms with E-state index in [1.54, 1.807) is 0 Å². The van der Waals surface area contributed by atoms with E-state index in [2.05, 4.69) is 17.1 Å². The third-order valence-electron chi connectivity index (χ3n) is 1.89. The van der Waals surface area contributed by atoms with Crippen molar-refractivity contribution in [1.29, 1.82) is 0 Å². The first-order valence-electron chi connectivity index (χ1n) is 3.78. The lowest BCUT2D eigenvalue weighted by atomic mass is 10.0. The van der Waals surface area contributed by atoms with Gasteiger partial charge in [-0.25, -0.2) is 4.98 Å². The molecule has 0 unspecified atom stereocenters. The summed E-state index contributed by atoms with van der Waals surface area (Å²) in [4.78, 5) is 4.20. The molecule has 1 aromatic heterocycles. The Morgan fingerprint density at radius 3 is 3.27 bits per heavy atom. The maximum atomic E-state index is 5.54. The van der Waals surface area contributed by atoms with Gasteiger partial charge in [0.05, 0.1) is 5.69 Å². The van der Waals surface area contributed by atoms with Crippen molar-refractivity contribution in [1.82, 2.24) is 4.98 Å². The zero-order valence-electron chi connectivity index (χ0n) is 6.25. The Morgan fingerprint density at radius 2 is 2.36 bits per heavy atom. The van der Waals surface area contributed by atoms with Crippen LogP contribution in [0.4, 0.5) is 5.82 Å². The molecule has 2 nitrogen and oxygen atoms in total. The molecule has 0 fully saturated rings. The molecular weight excluding hydrogens is 136 g/mol.